The number of thiazole rings is 1. The van der Waals surface area contributed by atoms with E-state index in [1.165, 1.54) is 11.3 Å². The van der Waals surface area contributed by atoms with Crippen molar-refractivity contribution in [2.45, 2.75) is 58.1 Å². The number of anilines is 2. The van der Waals surface area contributed by atoms with Gasteiger partial charge >= 0.3 is 12.1 Å². The lowest BCUT2D eigenvalue weighted by atomic mass is 9.87. The van der Waals surface area contributed by atoms with Crippen LogP contribution in [-0.2, 0) is 17.6 Å². The molecule has 8 nitrogen and oxygen atoms in total. The van der Waals surface area contributed by atoms with Crippen LogP contribution in [-0.4, -0.2) is 28.8 Å². The number of fused-ring (bicyclic) bond motifs is 1. The molecule has 1 saturated carbocycles. The maximum absolute atomic E-state index is 12.3. The average Bonchev–Trinajstić information content (AvgIpc) is 3.14. The quantitative estimate of drug-likeness (QED) is 0.654. The van der Waals surface area contributed by atoms with Gasteiger partial charge in [0.1, 0.15) is 5.60 Å². The van der Waals surface area contributed by atoms with Crippen molar-refractivity contribution in [3.05, 3.63) is 40.4 Å². The zero-order chi connectivity index (χ0) is 22.2. The lowest BCUT2D eigenvalue weighted by molar-refractivity contribution is 0.0514. The van der Waals surface area contributed by atoms with Crippen LogP contribution in [0.3, 0.4) is 0 Å². The molecule has 0 saturated heterocycles. The maximum atomic E-state index is 12.3. The van der Waals surface area contributed by atoms with Crippen LogP contribution in [0.2, 0.25) is 0 Å². The number of carbonyl (C=O) groups is 2. The predicted octanol–water partition coefficient (Wildman–Crippen LogP) is 4.43. The molecule has 1 heterocycles. The first-order chi connectivity index (χ1) is 14.7. The first kappa shape index (κ1) is 21.1. The Bertz CT molecular complexity index is 1070. The Balaban J connectivity index is 1.34. The van der Waals surface area contributed by atoms with E-state index in [1.54, 1.807) is 24.3 Å². The van der Waals surface area contributed by atoms with Crippen molar-refractivity contribution < 1.29 is 14.3 Å². The number of rotatable bonds is 3. The number of ether oxygens (including phenoxy) is 1. The molecular formula is C22H25N5O3S. The molecule has 0 radical (unpaired) electrons. The number of aromatic nitrogens is 1. The van der Waals surface area contributed by atoms with Gasteiger partial charge in [0.15, 0.2) is 5.13 Å². The molecule has 2 aliphatic carbocycles. The van der Waals surface area contributed by atoms with Crippen LogP contribution in [0.15, 0.2) is 24.3 Å². The minimum atomic E-state index is -0.513. The van der Waals surface area contributed by atoms with Gasteiger partial charge in [-0.1, -0.05) is 6.07 Å². The first-order valence-corrected chi connectivity index (χ1v) is 11.0. The number of alkyl carbamates (subject to hydrolysis) is 1. The van der Waals surface area contributed by atoms with Gasteiger partial charge in [-0.3, -0.25) is 5.32 Å². The molecule has 1 spiro atoms. The second-order valence-electron chi connectivity index (χ2n) is 9.10. The summed E-state index contributed by atoms with van der Waals surface area (Å²) >= 11 is 1.48. The SMILES string of the molecule is CC(C)(C)OC(=O)N[C@H]1CC12CCc1nc(NC(=O)Nc3cccc(C#N)c3)sc1C2. The van der Waals surface area contributed by atoms with Crippen LogP contribution >= 0.6 is 11.3 Å². The van der Waals surface area contributed by atoms with Crippen molar-refractivity contribution in [3.8, 4) is 6.07 Å². The fraction of sp³-hybridized carbons (Fsp3) is 0.455. The smallest absolute Gasteiger partial charge is 0.407 e. The molecule has 1 fully saturated rings. The van der Waals surface area contributed by atoms with E-state index in [0.717, 1.165) is 36.3 Å². The molecule has 1 aromatic heterocycles. The zero-order valence-electron chi connectivity index (χ0n) is 17.7. The molecule has 31 heavy (non-hydrogen) atoms. The Kier molecular flexibility index (Phi) is 5.35. The summed E-state index contributed by atoms with van der Waals surface area (Å²) in [4.78, 5) is 30.1. The summed E-state index contributed by atoms with van der Waals surface area (Å²) in [6.45, 7) is 5.55. The first-order valence-electron chi connectivity index (χ1n) is 10.2. The Morgan fingerprint density at radius 2 is 2.13 bits per heavy atom. The van der Waals surface area contributed by atoms with Gasteiger partial charge in [0.05, 0.1) is 17.3 Å². The Labute approximate surface area is 185 Å². The van der Waals surface area contributed by atoms with E-state index in [9.17, 15) is 9.59 Å². The molecule has 2 aliphatic rings. The fourth-order valence-corrected chi connectivity index (χ4v) is 5.10. The van der Waals surface area contributed by atoms with Gasteiger partial charge < -0.3 is 15.4 Å². The summed E-state index contributed by atoms with van der Waals surface area (Å²) in [7, 11) is 0. The molecule has 4 rings (SSSR count). The minimum absolute atomic E-state index is 0.0632. The van der Waals surface area contributed by atoms with Crippen LogP contribution < -0.4 is 16.0 Å². The third-order valence-electron chi connectivity index (χ3n) is 5.50. The maximum Gasteiger partial charge on any atom is 0.407 e. The van der Waals surface area contributed by atoms with Gasteiger partial charge in [-0.05, 0) is 70.1 Å². The van der Waals surface area contributed by atoms with E-state index >= 15 is 0 Å². The van der Waals surface area contributed by atoms with Gasteiger partial charge in [-0.25, -0.2) is 14.6 Å². The molecule has 162 valence electrons. The molecule has 3 N–H and O–H groups in total. The topological polar surface area (TPSA) is 116 Å². The highest BCUT2D eigenvalue weighted by molar-refractivity contribution is 7.15. The van der Waals surface area contributed by atoms with Gasteiger partial charge in [-0.15, -0.1) is 11.3 Å². The Hall–Kier alpha value is -3.12. The van der Waals surface area contributed by atoms with E-state index in [1.807, 2.05) is 26.8 Å². The molecule has 0 aliphatic heterocycles. The number of hydrogen-bond acceptors (Lipinski definition) is 6. The molecule has 0 bridgehead atoms. The fourth-order valence-electron chi connectivity index (χ4n) is 3.94. The van der Waals surface area contributed by atoms with E-state index in [2.05, 4.69) is 20.9 Å². The van der Waals surface area contributed by atoms with E-state index in [0.29, 0.717) is 16.4 Å². The number of amides is 3. The Morgan fingerprint density at radius 1 is 1.32 bits per heavy atom. The predicted molar refractivity (Wildman–Crippen MR) is 118 cm³/mol. The van der Waals surface area contributed by atoms with Crippen molar-refractivity contribution in [1.29, 1.82) is 5.26 Å². The van der Waals surface area contributed by atoms with Crippen LogP contribution in [0.5, 0.6) is 0 Å². The third kappa shape index (κ3) is 4.97. The highest BCUT2D eigenvalue weighted by Crippen LogP contribution is 2.56. The number of urea groups is 1. The minimum Gasteiger partial charge on any atom is -0.444 e. The molecule has 1 aromatic carbocycles. The molecule has 9 heteroatoms. The second kappa shape index (κ2) is 7.85. The molecule has 2 atom stereocenters. The lowest BCUT2D eigenvalue weighted by Gasteiger charge is -2.23. The van der Waals surface area contributed by atoms with Gasteiger partial charge in [-0.2, -0.15) is 5.26 Å². The summed E-state index contributed by atoms with van der Waals surface area (Å²) in [6.07, 6.45) is 3.18. The molecule has 2 aromatic rings. The highest BCUT2D eigenvalue weighted by atomic mass is 32.1. The Morgan fingerprint density at radius 3 is 2.87 bits per heavy atom. The molecule has 3 amide bonds. The van der Waals surface area contributed by atoms with E-state index in [4.69, 9.17) is 10.00 Å². The number of nitrogens with zero attached hydrogens (tertiary/aromatic N) is 2. The van der Waals surface area contributed by atoms with Crippen LogP contribution in [0.25, 0.3) is 0 Å². The van der Waals surface area contributed by atoms with E-state index in [-0.39, 0.29) is 17.6 Å². The van der Waals surface area contributed by atoms with Crippen LogP contribution in [0, 0.1) is 16.7 Å². The molecular weight excluding hydrogens is 414 g/mol. The largest absolute Gasteiger partial charge is 0.444 e. The zero-order valence-corrected chi connectivity index (χ0v) is 18.6. The van der Waals surface area contributed by atoms with Crippen molar-refractivity contribution in [1.82, 2.24) is 10.3 Å². The normalized spacial score (nSPS) is 21.5. The number of nitriles is 1. The second-order valence-corrected chi connectivity index (χ2v) is 10.2. The molecule has 1 unspecified atom stereocenters. The number of hydrogen-bond donors (Lipinski definition) is 3. The summed E-state index contributed by atoms with van der Waals surface area (Å²) in [5.41, 5.74) is 1.59. The monoisotopic (exact) mass is 439 g/mol. The van der Waals surface area contributed by atoms with Gasteiger partial charge in [0.2, 0.25) is 0 Å². The summed E-state index contributed by atoms with van der Waals surface area (Å²) in [5.74, 6) is 0. The van der Waals surface area contributed by atoms with Crippen LogP contribution in [0.4, 0.5) is 20.4 Å². The summed E-state index contributed by atoms with van der Waals surface area (Å²) in [5, 5.41) is 18.0. The van der Waals surface area contributed by atoms with E-state index < -0.39 is 11.6 Å². The summed E-state index contributed by atoms with van der Waals surface area (Å²) < 4.78 is 5.37. The standard InChI is InChI=1S/C22H25N5O3S/c1-21(2,3)30-20(29)26-17-11-22(17)8-7-15-16(10-22)31-19(25-15)27-18(28)24-14-6-4-5-13(9-14)12-23/h4-6,9,17H,7-8,10-11H2,1-3H3,(H,26,29)(H2,24,25,27,28)/t17-,22?/m0/s1. The number of benzene rings is 1. The van der Waals surface area contributed by atoms with Crippen LogP contribution in [0.1, 0.15) is 49.7 Å². The number of nitrogens with one attached hydrogen (secondary N) is 3. The van der Waals surface area contributed by atoms with Crippen molar-refractivity contribution in [2.75, 3.05) is 10.6 Å². The number of aryl methyl sites for hydroxylation is 1. The third-order valence-corrected chi connectivity index (χ3v) is 6.51. The van der Waals surface area contributed by atoms with Crippen molar-refractivity contribution >= 4 is 34.3 Å². The van der Waals surface area contributed by atoms with Gasteiger partial charge in [0.25, 0.3) is 0 Å². The highest BCUT2D eigenvalue weighted by Gasteiger charge is 2.56. The van der Waals surface area contributed by atoms with Crippen molar-refractivity contribution in [2.24, 2.45) is 5.41 Å². The number of carbonyl (C=O) groups excluding carboxylic acids is 2. The van der Waals surface area contributed by atoms with Gasteiger partial charge in [0, 0.05) is 16.6 Å². The van der Waals surface area contributed by atoms with Crippen molar-refractivity contribution in [3.63, 3.8) is 0 Å². The lowest BCUT2D eigenvalue weighted by Crippen LogP contribution is -2.36. The average molecular weight is 440 g/mol. The summed E-state index contributed by atoms with van der Waals surface area (Å²) in [6, 6.07) is 8.49.